The molecule has 0 bridgehead atoms. The van der Waals surface area contributed by atoms with Gasteiger partial charge in [0.2, 0.25) is 0 Å². The number of unbranched alkanes of at least 4 members (excludes halogenated alkanes) is 30. The number of aliphatic hydroxyl groups excluding tert-OH is 4. The Balaban J connectivity index is 2.22. The molecule has 10 heteroatoms. The van der Waals surface area contributed by atoms with E-state index in [1.165, 1.54) is 161 Å². The lowest BCUT2D eigenvalue weighted by molar-refractivity contribution is -0.305. The molecule has 1 heterocycles. The number of rotatable bonds is 41. The van der Waals surface area contributed by atoms with Crippen molar-refractivity contribution in [3.8, 4) is 0 Å². The fourth-order valence-corrected chi connectivity index (χ4v) is 7.66. The van der Waals surface area contributed by atoms with Crippen LogP contribution in [0.1, 0.15) is 232 Å². The van der Waals surface area contributed by atoms with Gasteiger partial charge in [-0.2, -0.15) is 0 Å². The van der Waals surface area contributed by atoms with Crippen LogP contribution in [-0.4, -0.2) is 89.0 Å². The van der Waals surface area contributed by atoms with Gasteiger partial charge in [-0.05, 0) is 12.8 Å². The number of esters is 2. The van der Waals surface area contributed by atoms with Gasteiger partial charge in [-0.25, -0.2) is 0 Å². The van der Waals surface area contributed by atoms with E-state index in [9.17, 15) is 30.0 Å². The fraction of sp³-hybridized carbons (Fsp3) is 0.957. The second kappa shape index (κ2) is 38.9. The summed E-state index contributed by atoms with van der Waals surface area (Å²) in [5.41, 5.74) is 0. The zero-order chi connectivity index (χ0) is 41.6. The summed E-state index contributed by atoms with van der Waals surface area (Å²) in [7, 11) is 0. The molecule has 4 N–H and O–H groups in total. The number of carbonyl (C=O) groups is 2. The van der Waals surface area contributed by atoms with Gasteiger partial charge in [0.15, 0.2) is 12.4 Å². The van der Waals surface area contributed by atoms with Gasteiger partial charge in [-0.15, -0.1) is 0 Å². The van der Waals surface area contributed by atoms with E-state index in [0.717, 1.165) is 38.5 Å². The molecule has 0 radical (unpaired) electrons. The van der Waals surface area contributed by atoms with Crippen molar-refractivity contribution >= 4 is 11.9 Å². The Kier molecular flexibility index (Phi) is 36.6. The van der Waals surface area contributed by atoms with Gasteiger partial charge in [-0.1, -0.05) is 206 Å². The number of hydrogen-bond donors (Lipinski definition) is 4. The first-order valence-electron chi connectivity index (χ1n) is 24.1. The van der Waals surface area contributed by atoms with E-state index in [1.54, 1.807) is 0 Å². The van der Waals surface area contributed by atoms with E-state index < -0.39 is 49.4 Å². The molecule has 6 atom stereocenters. The molecule has 338 valence electrons. The lowest BCUT2D eigenvalue weighted by Gasteiger charge is -2.39. The maximum absolute atomic E-state index is 12.7. The zero-order valence-electron chi connectivity index (χ0n) is 36.9. The van der Waals surface area contributed by atoms with Crippen LogP contribution in [0.15, 0.2) is 0 Å². The molecule has 0 amide bonds. The lowest BCUT2D eigenvalue weighted by Crippen LogP contribution is -2.59. The number of hydrogen-bond acceptors (Lipinski definition) is 10. The van der Waals surface area contributed by atoms with Crippen LogP contribution < -0.4 is 0 Å². The first-order valence-corrected chi connectivity index (χ1v) is 24.1. The van der Waals surface area contributed by atoms with Crippen LogP contribution in [0.25, 0.3) is 0 Å². The van der Waals surface area contributed by atoms with Gasteiger partial charge in [0.05, 0.1) is 13.2 Å². The predicted octanol–water partition coefficient (Wildman–Crippen LogP) is 10.6. The Labute approximate surface area is 348 Å². The van der Waals surface area contributed by atoms with Gasteiger partial charge in [-0.3, -0.25) is 9.59 Å². The van der Waals surface area contributed by atoms with Gasteiger partial charge < -0.3 is 39.4 Å². The summed E-state index contributed by atoms with van der Waals surface area (Å²) < 4.78 is 22.2. The molecular formula is C47H90O10. The van der Waals surface area contributed by atoms with Gasteiger partial charge >= 0.3 is 11.9 Å². The Hall–Kier alpha value is -1.30. The second-order valence-electron chi connectivity index (χ2n) is 16.9. The minimum Gasteiger partial charge on any atom is -0.462 e. The van der Waals surface area contributed by atoms with Crippen LogP contribution in [0, 0.1) is 0 Å². The zero-order valence-corrected chi connectivity index (χ0v) is 36.9. The molecule has 0 aliphatic carbocycles. The third-order valence-electron chi connectivity index (χ3n) is 11.5. The summed E-state index contributed by atoms with van der Waals surface area (Å²) >= 11 is 0. The highest BCUT2D eigenvalue weighted by Crippen LogP contribution is 2.23. The molecule has 0 saturated carbocycles. The molecule has 0 spiro atoms. The van der Waals surface area contributed by atoms with E-state index in [2.05, 4.69) is 13.8 Å². The first-order chi connectivity index (χ1) is 27.8. The summed E-state index contributed by atoms with van der Waals surface area (Å²) in [5.74, 6) is -0.791. The van der Waals surface area contributed by atoms with E-state index in [0.29, 0.717) is 6.42 Å². The molecule has 1 aliphatic heterocycles. The molecule has 1 aliphatic rings. The van der Waals surface area contributed by atoms with Crippen molar-refractivity contribution < 1.29 is 49.0 Å². The maximum Gasteiger partial charge on any atom is 0.306 e. The van der Waals surface area contributed by atoms with Crippen molar-refractivity contribution in [3.05, 3.63) is 0 Å². The molecule has 1 saturated heterocycles. The SMILES string of the molecule is CCCCCCCCCCCCCCCCCCCCCCCC(=O)OC[C@@H](CO[C@H]1O[C@@H](CO)[C@@H](O)C(O)C1O)OC(=O)CCCCCCCCCCCCC. The molecule has 1 fully saturated rings. The summed E-state index contributed by atoms with van der Waals surface area (Å²) in [6, 6.07) is 0. The van der Waals surface area contributed by atoms with Crippen molar-refractivity contribution in [1.29, 1.82) is 0 Å². The smallest absolute Gasteiger partial charge is 0.306 e. The first kappa shape index (κ1) is 53.7. The van der Waals surface area contributed by atoms with Crippen molar-refractivity contribution in [1.82, 2.24) is 0 Å². The number of aliphatic hydroxyl groups is 4. The van der Waals surface area contributed by atoms with Gasteiger partial charge in [0.25, 0.3) is 0 Å². The van der Waals surface area contributed by atoms with Crippen molar-refractivity contribution in [2.45, 2.75) is 269 Å². The fourth-order valence-electron chi connectivity index (χ4n) is 7.66. The van der Waals surface area contributed by atoms with E-state index in [1.807, 2.05) is 0 Å². The van der Waals surface area contributed by atoms with Crippen molar-refractivity contribution in [2.75, 3.05) is 19.8 Å². The van der Waals surface area contributed by atoms with Crippen molar-refractivity contribution in [2.24, 2.45) is 0 Å². The number of ether oxygens (including phenoxy) is 4. The largest absolute Gasteiger partial charge is 0.462 e. The Morgan fingerprint density at radius 3 is 1.19 bits per heavy atom. The monoisotopic (exact) mass is 815 g/mol. The van der Waals surface area contributed by atoms with Gasteiger partial charge in [0, 0.05) is 12.8 Å². The quantitative estimate of drug-likeness (QED) is 0.0347. The molecular weight excluding hydrogens is 725 g/mol. The van der Waals surface area contributed by atoms with Crippen LogP contribution in [0.3, 0.4) is 0 Å². The molecule has 10 nitrogen and oxygen atoms in total. The topological polar surface area (TPSA) is 152 Å². The molecule has 0 aromatic carbocycles. The summed E-state index contributed by atoms with van der Waals surface area (Å²) in [4.78, 5) is 25.3. The van der Waals surface area contributed by atoms with Crippen LogP contribution in [0.2, 0.25) is 0 Å². The molecule has 0 aromatic heterocycles. The molecule has 0 aromatic rings. The molecule has 1 rings (SSSR count). The Morgan fingerprint density at radius 2 is 0.825 bits per heavy atom. The third-order valence-corrected chi connectivity index (χ3v) is 11.5. The van der Waals surface area contributed by atoms with E-state index in [-0.39, 0.29) is 32.0 Å². The number of carbonyl (C=O) groups excluding carboxylic acids is 2. The standard InChI is InChI=1S/C47H90O10/c1-3-5-7-9-11-13-15-16-17-18-19-20-21-22-23-24-26-27-29-31-33-35-42(49)54-38-40(39-55-47-46(53)45(52)44(51)41(37-48)57-47)56-43(50)36-34-32-30-28-25-14-12-10-8-6-4-2/h40-41,44-48,51-53H,3-39H2,1-2H3/t40-,41-,44+,45?,46?,47-/m0/s1. The van der Waals surface area contributed by atoms with Gasteiger partial charge in [0.1, 0.15) is 31.0 Å². The lowest BCUT2D eigenvalue weighted by atomic mass is 9.99. The maximum atomic E-state index is 12.7. The van der Waals surface area contributed by atoms with E-state index in [4.69, 9.17) is 18.9 Å². The van der Waals surface area contributed by atoms with Crippen LogP contribution >= 0.6 is 0 Å². The highest BCUT2D eigenvalue weighted by molar-refractivity contribution is 5.70. The Morgan fingerprint density at radius 1 is 0.474 bits per heavy atom. The summed E-state index contributed by atoms with van der Waals surface area (Å²) in [6.45, 7) is 3.45. The third kappa shape index (κ3) is 30.4. The van der Waals surface area contributed by atoms with Crippen LogP contribution in [-0.2, 0) is 28.5 Å². The highest BCUT2D eigenvalue weighted by atomic mass is 16.7. The van der Waals surface area contributed by atoms with Crippen LogP contribution in [0.4, 0.5) is 0 Å². The molecule has 57 heavy (non-hydrogen) atoms. The summed E-state index contributed by atoms with van der Waals surface area (Å²) in [6.07, 6.45) is 32.6. The minimum atomic E-state index is -1.59. The second-order valence-corrected chi connectivity index (χ2v) is 16.9. The van der Waals surface area contributed by atoms with E-state index >= 15 is 0 Å². The Bertz CT molecular complexity index is 901. The molecule has 2 unspecified atom stereocenters. The summed E-state index contributed by atoms with van der Waals surface area (Å²) in [5, 5.41) is 40.1. The normalized spacial score (nSPS) is 20.1. The minimum absolute atomic E-state index is 0.209. The van der Waals surface area contributed by atoms with Crippen LogP contribution in [0.5, 0.6) is 0 Å². The average Bonchev–Trinajstić information content (AvgIpc) is 3.21. The highest BCUT2D eigenvalue weighted by Gasteiger charge is 2.44. The predicted molar refractivity (Wildman–Crippen MR) is 229 cm³/mol. The van der Waals surface area contributed by atoms with Crippen molar-refractivity contribution in [3.63, 3.8) is 0 Å². The average molecular weight is 815 g/mol.